The van der Waals surface area contributed by atoms with Crippen LogP contribution in [0, 0.1) is 6.92 Å². The lowest BCUT2D eigenvalue weighted by molar-refractivity contribution is -0.113. The molecule has 1 heterocycles. The van der Waals surface area contributed by atoms with E-state index in [0.29, 0.717) is 24.1 Å². The van der Waals surface area contributed by atoms with Gasteiger partial charge in [-0.15, -0.1) is 10.2 Å². The Balaban J connectivity index is 1.46. The van der Waals surface area contributed by atoms with Crippen molar-refractivity contribution >= 4 is 23.4 Å². The van der Waals surface area contributed by atoms with Crippen LogP contribution in [-0.2, 0) is 17.9 Å². The molecule has 3 aromatic carbocycles. The molecule has 6 nitrogen and oxygen atoms in total. The predicted molar refractivity (Wildman–Crippen MR) is 127 cm³/mol. The Morgan fingerprint density at radius 3 is 2.47 bits per heavy atom. The average Bonchev–Trinajstić information content (AvgIpc) is 3.19. The van der Waals surface area contributed by atoms with Gasteiger partial charge in [0.05, 0.1) is 12.3 Å². The van der Waals surface area contributed by atoms with Crippen LogP contribution in [0.5, 0.6) is 5.75 Å². The van der Waals surface area contributed by atoms with Crippen LogP contribution in [0.15, 0.2) is 90.1 Å². The minimum Gasteiger partial charge on any atom is -0.486 e. The summed E-state index contributed by atoms with van der Waals surface area (Å²) in [4.78, 5) is 12.5. The summed E-state index contributed by atoms with van der Waals surface area (Å²) < 4.78 is 7.89. The van der Waals surface area contributed by atoms with Gasteiger partial charge in [0.25, 0.3) is 0 Å². The second-order valence-corrected chi connectivity index (χ2v) is 8.22. The molecule has 1 aromatic heterocycles. The Bertz CT molecular complexity index is 1160. The molecule has 0 bridgehead atoms. The summed E-state index contributed by atoms with van der Waals surface area (Å²) in [5, 5.41) is 12.3. The first-order valence-corrected chi connectivity index (χ1v) is 11.3. The number of amides is 1. The number of carbonyl (C=O) groups is 1. The molecule has 32 heavy (non-hydrogen) atoms. The number of aryl methyl sites for hydroxylation is 1. The first kappa shape index (κ1) is 21.6. The highest BCUT2D eigenvalue weighted by Gasteiger charge is 2.15. The maximum absolute atomic E-state index is 12.5. The largest absolute Gasteiger partial charge is 0.486 e. The number of ether oxygens (including phenoxy) is 1. The van der Waals surface area contributed by atoms with Crippen molar-refractivity contribution in [3.05, 3.63) is 102 Å². The van der Waals surface area contributed by atoms with Gasteiger partial charge in [0, 0.05) is 5.69 Å². The van der Waals surface area contributed by atoms with Crippen molar-refractivity contribution in [2.45, 2.75) is 25.2 Å². The van der Waals surface area contributed by atoms with E-state index in [4.69, 9.17) is 4.74 Å². The Morgan fingerprint density at radius 1 is 0.969 bits per heavy atom. The van der Waals surface area contributed by atoms with E-state index in [1.807, 2.05) is 84.3 Å². The molecular formula is C25H24N4O2S. The highest BCUT2D eigenvalue weighted by molar-refractivity contribution is 7.99. The van der Waals surface area contributed by atoms with Gasteiger partial charge in [-0.2, -0.15) is 0 Å². The zero-order valence-corrected chi connectivity index (χ0v) is 18.6. The van der Waals surface area contributed by atoms with E-state index < -0.39 is 0 Å². The monoisotopic (exact) mass is 444 g/mol. The minimum absolute atomic E-state index is 0.0862. The lowest BCUT2D eigenvalue weighted by Gasteiger charge is -2.11. The predicted octanol–water partition coefficient (Wildman–Crippen LogP) is 4.94. The van der Waals surface area contributed by atoms with Crippen molar-refractivity contribution < 1.29 is 9.53 Å². The van der Waals surface area contributed by atoms with Crippen molar-refractivity contribution in [3.63, 3.8) is 0 Å². The standard InChI is InChI=1S/C25H24N4O2S/c1-19-9-8-12-21(15-19)26-24(30)18-32-25-28-27-23(17-31-22-13-6-3-7-14-22)29(25)16-20-10-4-2-5-11-20/h2-15H,16-18H2,1H3,(H,26,30). The summed E-state index contributed by atoms with van der Waals surface area (Å²) in [6.45, 7) is 2.89. The SMILES string of the molecule is Cc1cccc(NC(=O)CSc2nnc(COc3ccccc3)n2Cc2ccccc2)c1. The summed E-state index contributed by atoms with van der Waals surface area (Å²) in [5.41, 5.74) is 3.01. The fourth-order valence-corrected chi connectivity index (χ4v) is 3.93. The topological polar surface area (TPSA) is 69.0 Å². The van der Waals surface area contributed by atoms with Crippen LogP contribution in [0.4, 0.5) is 5.69 Å². The molecule has 4 aromatic rings. The Morgan fingerprint density at radius 2 is 1.72 bits per heavy atom. The lowest BCUT2D eigenvalue weighted by atomic mass is 10.2. The maximum atomic E-state index is 12.5. The van der Waals surface area contributed by atoms with Gasteiger partial charge in [-0.05, 0) is 42.3 Å². The van der Waals surface area contributed by atoms with Crippen molar-refractivity contribution in [2.24, 2.45) is 0 Å². The second kappa shape index (κ2) is 10.6. The first-order chi connectivity index (χ1) is 15.7. The van der Waals surface area contributed by atoms with Crippen molar-refractivity contribution in [3.8, 4) is 5.75 Å². The number of hydrogen-bond acceptors (Lipinski definition) is 5. The van der Waals surface area contributed by atoms with Crippen molar-refractivity contribution in [1.82, 2.24) is 14.8 Å². The second-order valence-electron chi connectivity index (χ2n) is 7.28. The molecule has 0 aliphatic carbocycles. The van der Waals surface area contributed by atoms with E-state index in [9.17, 15) is 4.79 Å². The minimum atomic E-state index is -0.0862. The van der Waals surface area contributed by atoms with Gasteiger partial charge in [0.15, 0.2) is 11.0 Å². The number of nitrogens with zero attached hydrogens (tertiary/aromatic N) is 3. The van der Waals surface area contributed by atoms with E-state index in [1.165, 1.54) is 11.8 Å². The summed E-state index contributed by atoms with van der Waals surface area (Å²) >= 11 is 1.36. The molecule has 0 atom stereocenters. The van der Waals surface area contributed by atoms with E-state index in [-0.39, 0.29) is 11.7 Å². The van der Waals surface area contributed by atoms with Gasteiger partial charge >= 0.3 is 0 Å². The molecule has 0 fully saturated rings. The molecule has 1 amide bonds. The number of hydrogen-bond donors (Lipinski definition) is 1. The zero-order chi connectivity index (χ0) is 22.2. The summed E-state index contributed by atoms with van der Waals surface area (Å²) in [7, 11) is 0. The molecule has 0 aliphatic rings. The fourth-order valence-electron chi connectivity index (χ4n) is 3.17. The number of anilines is 1. The van der Waals surface area contributed by atoms with Gasteiger partial charge in [0.1, 0.15) is 12.4 Å². The first-order valence-electron chi connectivity index (χ1n) is 10.3. The van der Waals surface area contributed by atoms with E-state index in [1.54, 1.807) is 0 Å². The van der Waals surface area contributed by atoms with Crippen LogP contribution in [0.1, 0.15) is 17.0 Å². The maximum Gasteiger partial charge on any atom is 0.234 e. The third-order valence-corrected chi connectivity index (χ3v) is 5.69. The number of thioether (sulfide) groups is 1. The number of aromatic nitrogens is 3. The van der Waals surface area contributed by atoms with E-state index >= 15 is 0 Å². The highest BCUT2D eigenvalue weighted by Crippen LogP contribution is 2.21. The number of nitrogens with one attached hydrogen (secondary N) is 1. The van der Waals surface area contributed by atoms with Crippen molar-refractivity contribution in [1.29, 1.82) is 0 Å². The highest BCUT2D eigenvalue weighted by atomic mass is 32.2. The molecule has 1 N–H and O–H groups in total. The lowest BCUT2D eigenvalue weighted by Crippen LogP contribution is -2.15. The molecule has 4 rings (SSSR count). The molecule has 162 valence electrons. The van der Waals surface area contributed by atoms with Gasteiger partial charge < -0.3 is 10.1 Å². The molecule has 0 radical (unpaired) electrons. The van der Waals surface area contributed by atoms with Crippen LogP contribution < -0.4 is 10.1 Å². The third-order valence-electron chi connectivity index (χ3n) is 4.72. The Labute approximate surface area is 191 Å². The van der Waals surface area contributed by atoms with Gasteiger partial charge in [0.2, 0.25) is 5.91 Å². The normalized spacial score (nSPS) is 10.7. The van der Waals surface area contributed by atoms with Crippen LogP contribution in [0.2, 0.25) is 0 Å². The molecule has 0 spiro atoms. The Hall–Kier alpha value is -3.58. The van der Waals surface area contributed by atoms with E-state index in [2.05, 4.69) is 27.6 Å². The van der Waals surface area contributed by atoms with Crippen LogP contribution in [0.25, 0.3) is 0 Å². The van der Waals surface area contributed by atoms with Gasteiger partial charge in [-0.1, -0.05) is 72.4 Å². The van der Waals surface area contributed by atoms with E-state index in [0.717, 1.165) is 22.6 Å². The fraction of sp³-hybridized carbons (Fsp3) is 0.160. The number of para-hydroxylation sites is 1. The smallest absolute Gasteiger partial charge is 0.234 e. The van der Waals surface area contributed by atoms with Crippen LogP contribution in [-0.4, -0.2) is 26.4 Å². The molecule has 0 saturated carbocycles. The van der Waals surface area contributed by atoms with Crippen LogP contribution in [0.3, 0.4) is 0 Å². The van der Waals surface area contributed by atoms with Crippen molar-refractivity contribution in [2.75, 3.05) is 11.1 Å². The molecular weight excluding hydrogens is 420 g/mol. The Kier molecular flexibility index (Phi) is 7.19. The number of carbonyl (C=O) groups excluding carboxylic acids is 1. The quantitative estimate of drug-likeness (QED) is 0.370. The summed E-state index contributed by atoms with van der Waals surface area (Å²) in [6.07, 6.45) is 0. The zero-order valence-electron chi connectivity index (χ0n) is 17.8. The molecule has 0 aliphatic heterocycles. The summed E-state index contributed by atoms with van der Waals surface area (Å²) in [6, 6.07) is 27.5. The third kappa shape index (κ3) is 5.98. The average molecular weight is 445 g/mol. The summed E-state index contributed by atoms with van der Waals surface area (Å²) in [5.74, 6) is 1.63. The molecule has 7 heteroatoms. The van der Waals surface area contributed by atoms with Gasteiger partial charge in [-0.3, -0.25) is 9.36 Å². The number of rotatable bonds is 9. The van der Waals surface area contributed by atoms with Gasteiger partial charge in [-0.25, -0.2) is 0 Å². The van der Waals surface area contributed by atoms with Crippen LogP contribution >= 0.6 is 11.8 Å². The number of benzene rings is 3. The molecule has 0 unspecified atom stereocenters. The molecule has 0 saturated heterocycles.